The van der Waals surface area contributed by atoms with Crippen LogP contribution in [0.1, 0.15) is 13.8 Å². The van der Waals surface area contributed by atoms with Crippen LogP contribution in [-0.4, -0.2) is 37.2 Å². The van der Waals surface area contributed by atoms with Gasteiger partial charge >= 0.3 is 6.09 Å². The lowest BCUT2D eigenvalue weighted by atomic mass is 10.2. The van der Waals surface area contributed by atoms with E-state index in [0.717, 1.165) is 11.4 Å². The molecule has 1 aliphatic heterocycles. The third-order valence-electron chi connectivity index (χ3n) is 2.15. The smallest absolute Gasteiger partial charge is 0.423 e. The molecular weight excluding hydrogens is 182 g/mol. The lowest BCUT2D eigenvalue weighted by Crippen LogP contribution is -2.63. The van der Waals surface area contributed by atoms with Gasteiger partial charge in [0.25, 0.3) is 0 Å². The van der Waals surface area contributed by atoms with Gasteiger partial charge in [0, 0.05) is 0 Å². The number of amides is 1. The molecule has 0 aromatic heterocycles. The van der Waals surface area contributed by atoms with E-state index in [1.807, 2.05) is 0 Å². The van der Waals surface area contributed by atoms with Gasteiger partial charge in [-0.15, -0.1) is 0 Å². The molecule has 0 N–H and O–H groups in total. The van der Waals surface area contributed by atoms with Crippen LogP contribution >= 0.6 is 0 Å². The second kappa shape index (κ2) is 2.62. The second-order valence-electron chi connectivity index (χ2n) is 2.76. The minimum Gasteiger partial charge on any atom is -0.452 e. The number of nitrogens with zero attached hydrogens (tertiary/aromatic N) is 1. The maximum Gasteiger partial charge on any atom is 0.423 e. The Balaban J connectivity index is 2.89. The summed E-state index contributed by atoms with van der Waals surface area (Å²) in [7, 11) is -2.24. The van der Waals surface area contributed by atoms with Gasteiger partial charge in [-0.1, -0.05) is 0 Å². The van der Waals surface area contributed by atoms with Gasteiger partial charge < -0.3 is 4.74 Å². The molecule has 0 bridgehead atoms. The number of ether oxygens (including phenoxy) is 1. The fourth-order valence-electron chi connectivity index (χ4n) is 1.15. The van der Waals surface area contributed by atoms with Crippen molar-refractivity contribution in [2.24, 2.45) is 0 Å². The summed E-state index contributed by atoms with van der Waals surface area (Å²) in [5, 5.41) is -0.489. The molecule has 1 aliphatic rings. The summed E-state index contributed by atoms with van der Waals surface area (Å²) in [4.78, 5) is 10.9. The molecule has 1 rings (SSSR count). The van der Waals surface area contributed by atoms with Gasteiger partial charge in [0.05, 0.1) is 18.4 Å². The Morgan fingerprint density at radius 1 is 1.42 bits per heavy atom. The van der Waals surface area contributed by atoms with Gasteiger partial charge in [0.1, 0.15) is 0 Å². The van der Waals surface area contributed by atoms with Crippen molar-refractivity contribution in [3.8, 4) is 0 Å². The third kappa shape index (κ3) is 0.979. The number of carbonyl (C=O) groups is 1. The lowest BCUT2D eigenvalue weighted by Gasteiger charge is -2.41. The topological polar surface area (TPSA) is 63.7 Å². The quantitative estimate of drug-likeness (QED) is 0.550. The largest absolute Gasteiger partial charge is 0.452 e. The fourth-order valence-corrected chi connectivity index (χ4v) is 2.86. The van der Waals surface area contributed by atoms with Crippen molar-refractivity contribution in [2.75, 3.05) is 7.11 Å². The zero-order valence-corrected chi connectivity index (χ0v) is 7.96. The summed E-state index contributed by atoms with van der Waals surface area (Å²) in [5.74, 6) is 0. The van der Waals surface area contributed by atoms with Gasteiger partial charge in [0.15, 0.2) is 0 Å². The first-order chi connectivity index (χ1) is 5.42. The molecule has 1 amide bonds. The van der Waals surface area contributed by atoms with Gasteiger partial charge in [-0.2, -0.15) is 4.31 Å². The van der Waals surface area contributed by atoms with E-state index in [-0.39, 0.29) is 6.04 Å². The van der Waals surface area contributed by atoms with Crippen molar-refractivity contribution in [3.63, 3.8) is 0 Å². The average molecular weight is 193 g/mol. The number of hydrogen-bond acceptors (Lipinski definition) is 4. The Labute approximate surface area is 71.4 Å². The predicted molar refractivity (Wildman–Crippen MR) is 42.1 cm³/mol. The van der Waals surface area contributed by atoms with E-state index in [0.29, 0.717) is 0 Å². The molecule has 1 heterocycles. The molecular formula is C6H11NO4S. The first-order valence-corrected chi connectivity index (χ1v) is 5.04. The van der Waals surface area contributed by atoms with Gasteiger partial charge in [-0.05, 0) is 13.8 Å². The van der Waals surface area contributed by atoms with E-state index >= 15 is 0 Å². The predicted octanol–water partition coefficient (Wildman–Crippen LogP) is 0.175. The van der Waals surface area contributed by atoms with Crippen LogP contribution in [0.3, 0.4) is 0 Å². The molecule has 0 saturated carbocycles. The van der Waals surface area contributed by atoms with Crippen molar-refractivity contribution < 1.29 is 17.9 Å². The van der Waals surface area contributed by atoms with Crippen LogP contribution in [0, 0.1) is 0 Å². The molecule has 1 saturated heterocycles. The van der Waals surface area contributed by atoms with Crippen LogP contribution in [0.2, 0.25) is 0 Å². The highest BCUT2D eigenvalue weighted by atomic mass is 32.2. The zero-order chi connectivity index (χ0) is 9.52. The number of hydrogen-bond donors (Lipinski definition) is 0. The standard InChI is InChI=1S/C6H11NO4S/c1-4-5(2)12(9,10)7(4)6(8)11-3/h4-5H,1-3H3/t4-,5+/m1/s1. The molecule has 6 heteroatoms. The van der Waals surface area contributed by atoms with Crippen molar-refractivity contribution in [1.82, 2.24) is 4.31 Å². The molecule has 0 aromatic carbocycles. The highest BCUT2D eigenvalue weighted by molar-refractivity contribution is 7.91. The summed E-state index contributed by atoms with van der Waals surface area (Å²) in [6.45, 7) is 3.24. The Kier molecular flexibility index (Phi) is 2.03. The van der Waals surface area contributed by atoms with Crippen molar-refractivity contribution in [2.45, 2.75) is 25.1 Å². The normalized spacial score (nSPS) is 32.4. The Bertz CT molecular complexity index is 297. The second-order valence-corrected chi connectivity index (χ2v) is 4.92. The third-order valence-corrected chi connectivity index (χ3v) is 4.51. The van der Waals surface area contributed by atoms with Crippen molar-refractivity contribution in [1.29, 1.82) is 0 Å². The van der Waals surface area contributed by atoms with Crippen LogP contribution in [0.25, 0.3) is 0 Å². The molecule has 1 fully saturated rings. The Morgan fingerprint density at radius 2 is 1.92 bits per heavy atom. The maximum absolute atomic E-state index is 11.2. The number of rotatable bonds is 0. The highest BCUT2D eigenvalue weighted by Crippen LogP contribution is 2.29. The van der Waals surface area contributed by atoms with Crippen LogP contribution in [0.4, 0.5) is 4.79 Å². The number of sulfonamides is 1. The zero-order valence-electron chi connectivity index (χ0n) is 7.14. The first-order valence-electron chi connectivity index (χ1n) is 3.54. The van der Waals surface area contributed by atoms with Gasteiger partial charge in [-0.25, -0.2) is 13.2 Å². The van der Waals surface area contributed by atoms with Crippen LogP contribution in [0.5, 0.6) is 0 Å². The summed E-state index contributed by atoms with van der Waals surface area (Å²) in [6.07, 6.45) is -0.805. The van der Waals surface area contributed by atoms with E-state index in [1.165, 1.54) is 0 Å². The first kappa shape index (κ1) is 9.31. The van der Waals surface area contributed by atoms with E-state index < -0.39 is 21.4 Å². The molecule has 70 valence electrons. The average Bonchev–Trinajstić information content (AvgIpc) is 2.03. The minimum atomic E-state index is -3.40. The molecule has 2 atom stereocenters. The number of carbonyl (C=O) groups excluding carboxylic acids is 1. The highest BCUT2D eigenvalue weighted by Gasteiger charge is 2.51. The molecule has 0 aromatic rings. The molecule has 5 nitrogen and oxygen atoms in total. The van der Waals surface area contributed by atoms with Crippen molar-refractivity contribution in [3.05, 3.63) is 0 Å². The van der Waals surface area contributed by atoms with Crippen LogP contribution < -0.4 is 0 Å². The maximum atomic E-state index is 11.2. The summed E-state index contributed by atoms with van der Waals surface area (Å²) < 4.78 is 27.4. The lowest BCUT2D eigenvalue weighted by molar-refractivity contribution is 0.130. The molecule has 12 heavy (non-hydrogen) atoms. The summed E-state index contributed by atoms with van der Waals surface area (Å²) in [6, 6.07) is -0.289. The monoisotopic (exact) mass is 193 g/mol. The fraction of sp³-hybridized carbons (Fsp3) is 0.833. The molecule has 0 radical (unpaired) electrons. The van der Waals surface area contributed by atoms with Gasteiger partial charge in [0.2, 0.25) is 10.0 Å². The minimum absolute atomic E-state index is 0.289. The van der Waals surface area contributed by atoms with Crippen molar-refractivity contribution >= 4 is 16.1 Å². The van der Waals surface area contributed by atoms with Gasteiger partial charge in [-0.3, -0.25) is 0 Å². The molecule has 0 aliphatic carbocycles. The van der Waals surface area contributed by atoms with E-state index in [2.05, 4.69) is 4.74 Å². The van der Waals surface area contributed by atoms with E-state index in [4.69, 9.17) is 0 Å². The Hall–Kier alpha value is -0.780. The summed E-state index contributed by atoms with van der Waals surface area (Å²) in [5.41, 5.74) is 0. The van der Waals surface area contributed by atoms with Crippen LogP contribution in [-0.2, 0) is 14.8 Å². The summed E-state index contributed by atoms with van der Waals surface area (Å²) >= 11 is 0. The SMILES string of the molecule is COC(=O)N1[C@H](C)[C@H](C)S1(=O)=O. The number of methoxy groups -OCH3 is 1. The molecule has 0 unspecified atom stereocenters. The molecule has 0 spiro atoms. The van der Waals surface area contributed by atoms with E-state index in [1.54, 1.807) is 13.8 Å². The van der Waals surface area contributed by atoms with Crippen LogP contribution in [0.15, 0.2) is 0 Å². The van der Waals surface area contributed by atoms with E-state index in [9.17, 15) is 13.2 Å². The Morgan fingerprint density at radius 3 is 2.25 bits per heavy atom.